The molecule has 0 saturated carbocycles. The zero-order valence-corrected chi connectivity index (χ0v) is 10.8. The Bertz CT molecular complexity index is 508. The molecular weight excluding hydrogens is 228 g/mol. The Balaban J connectivity index is 2.10. The van der Waals surface area contributed by atoms with Crippen LogP contribution in [0.5, 0.6) is 0 Å². The van der Waals surface area contributed by atoms with Crippen LogP contribution in [0.1, 0.15) is 31.2 Å². The minimum atomic E-state index is -0.402. The summed E-state index contributed by atoms with van der Waals surface area (Å²) in [5.41, 5.74) is 2.10. The zero-order valence-electron chi connectivity index (χ0n) is 10.8. The van der Waals surface area contributed by atoms with E-state index in [1.54, 1.807) is 0 Å². The van der Waals surface area contributed by atoms with Crippen LogP contribution in [-0.4, -0.2) is 21.4 Å². The Morgan fingerprint density at radius 2 is 2.22 bits per heavy atom. The van der Waals surface area contributed by atoms with Crippen LogP contribution in [0.4, 0.5) is 0 Å². The Labute approximate surface area is 107 Å². The zero-order chi connectivity index (χ0) is 13.0. The van der Waals surface area contributed by atoms with Crippen molar-refractivity contribution in [1.29, 1.82) is 0 Å². The molecule has 2 rings (SSSR count). The van der Waals surface area contributed by atoms with E-state index in [4.69, 9.17) is 4.52 Å². The van der Waals surface area contributed by atoms with E-state index in [9.17, 15) is 5.11 Å². The van der Waals surface area contributed by atoms with Gasteiger partial charge in [-0.1, -0.05) is 42.3 Å². The smallest absolute Gasteiger partial charge is 0.229 e. The van der Waals surface area contributed by atoms with Gasteiger partial charge in [0, 0.05) is 5.56 Å². The molecule has 0 aliphatic carbocycles. The van der Waals surface area contributed by atoms with Crippen molar-refractivity contribution < 1.29 is 9.63 Å². The summed E-state index contributed by atoms with van der Waals surface area (Å²) in [5, 5.41) is 13.6. The Morgan fingerprint density at radius 1 is 1.39 bits per heavy atom. The van der Waals surface area contributed by atoms with Crippen LogP contribution in [-0.2, 0) is 6.42 Å². The molecule has 0 radical (unpaired) electrons. The molecule has 1 heterocycles. The fraction of sp³-hybridized carbons (Fsp3) is 0.429. The van der Waals surface area contributed by atoms with E-state index in [0.29, 0.717) is 18.1 Å². The molecule has 2 aromatic rings. The van der Waals surface area contributed by atoms with Crippen molar-refractivity contribution in [1.82, 2.24) is 10.1 Å². The number of aliphatic hydroxyl groups excluding tert-OH is 1. The van der Waals surface area contributed by atoms with Gasteiger partial charge in [0.2, 0.25) is 11.7 Å². The Hall–Kier alpha value is -1.68. The second-order valence-electron chi connectivity index (χ2n) is 4.53. The molecule has 1 atom stereocenters. The van der Waals surface area contributed by atoms with E-state index < -0.39 is 6.10 Å². The third kappa shape index (κ3) is 3.17. The lowest BCUT2D eigenvalue weighted by Gasteiger charge is -2.03. The second kappa shape index (κ2) is 5.78. The summed E-state index contributed by atoms with van der Waals surface area (Å²) >= 11 is 0. The normalized spacial score (nSPS) is 12.6. The highest BCUT2D eigenvalue weighted by Crippen LogP contribution is 2.17. The van der Waals surface area contributed by atoms with Crippen molar-refractivity contribution in [3.63, 3.8) is 0 Å². The van der Waals surface area contributed by atoms with Gasteiger partial charge in [0.15, 0.2) is 0 Å². The molecule has 18 heavy (non-hydrogen) atoms. The van der Waals surface area contributed by atoms with Gasteiger partial charge >= 0.3 is 0 Å². The van der Waals surface area contributed by atoms with Gasteiger partial charge in [-0.3, -0.25) is 0 Å². The number of aliphatic hydroxyl groups is 1. The van der Waals surface area contributed by atoms with E-state index in [-0.39, 0.29) is 0 Å². The first kappa shape index (κ1) is 12.8. The van der Waals surface area contributed by atoms with Gasteiger partial charge in [-0.2, -0.15) is 4.98 Å². The topological polar surface area (TPSA) is 59.2 Å². The maximum atomic E-state index is 9.70. The molecule has 4 heteroatoms. The summed E-state index contributed by atoms with van der Waals surface area (Å²) in [6, 6.07) is 7.95. The fourth-order valence-corrected chi connectivity index (χ4v) is 1.88. The van der Waals surface area contributed by atoms with Crippen molar-refractivity contribution in [3.8, 4) is 11.4 Å². The van der Waals surface area contributed by atoms with Crippen molar-refractivity contribution >= 4 is 0 Å². The molecular formula is C14H18N2O2. The summed E-state index contributed by atoms with van der Waals surface area (Å²) in [4.78, 5) is 4.31. The molecule has 0 spiro atoms. The fourth-order valence-electron chi connectivity index (χ4n) is 1.88. The number of rotatable bonds is 5. The van der Waals surface area contributed by atoms with Crippen LogP contribution in [0.15, 0.2) is 28.8 Å². The maximum absolute atomic E-state index is 9.70. The minimum absolute atomic E-state index is 0.402. The van der Waals surface area contributed by atoms with Crippen LogP contribution in [0, 0.1) is 6.92 Å². The molecule has 0 amide bonds. The molecule has 1 aromatic carbocycles. The number of benzene rings is 1. The van der Waals surface area contributed by atoms with Crippen LogP contribution in [0.2, 0.25) is 0 Å². The highest BCUT2D eigenvalue weighted by molar-refractivity contribution is 5.55. The first-order valence-corrected chi connectivity index (χ1v) is 6.26. The molecule has 4 nitrogen and oxygen atoms in total. The van der Waals surface area contributed by atoms with Gasteiger partial charge in [-0.25, -0.2) is 0 Å². The SMILES string of the molecule is CCCC(O)Cc1nc(-c2cccc(C)c2)no1. The van der Waals surface area contributed by atoms with E-state index in [1.807, 2.05) is 38.1 Å². The average Bonchev–Trinajstić information content (AvgIpc) is 2.78. The number of aryl methyl sites for hydroxylation is 1. The van der Waals surface area contributed by atoms with Gasteiger partial charge in [-0.05, 0) is 19.4 Å². The summed E-state index contributed by atoms with van der Waals surface area (Å²) in [6.45, 7) is 4.06. The van der Waals surface area contributed by atoms with Gasteiger partial charge in [0.25, 0.3) is 0 Å². The Kier molecular flexibility index (Phi) is 4.10. The standard InChI is InChI=1S/C14H18N2O2/c1-3-5-12(17)9-13-15-14(16-18-13)11-7-4-6-10(2)8-11/h4,6-8,12,17H,3,5,9H2,1-2H3. The molecule has 0 saturated heterocycles. The summed E-state index contributed by atoms with van der Waals surface area (Å²) < 4.78 is 5.15. The van der Waals surface area contributed by atoms with Crippen LogP contribution < -0.4 is 0 Å². The third-order valence-electron chi connectivity index (χ3n) is 2.78. The minimum Gasteiger partial charge on any atom is -0.393 e. The lowest BCUT2D eigenvalue weighted by atomic mass is 10.1. The van der Waals surface area contributed by atoms with E-state index >= 15 is 0 Å². The lowest BCUT2D eigenvalue weighted by molar-refractivity contribution is 0.152. The first-order chi connectivity index (χ1) is 8.69. The van der Waals surface area contributed by atoms with Crippen molar-refractivity contribution in [2.24, 2.45) is 0 Å². The summed E-state index contributed by atoms with van der Waals surface area (Å²) in [7, 11) is 0. The van der Waals surface area contributed by atoms with Gasteiger partial charge in [0.1, 0.15) is 0 Å². The number of hydrogen-bond donors (Lipinski definition) is 1. The summed E-state index contributed by atoms with van der Waals surface area (Å²) in [6.07, 6.45) is 1.72. The number of nitrogens with zero attached hydrogens (tertiary/aromatic N) is 2. The quantitative estimate of drug-likeness (QED) is 0.881. The van der Waals surface area contributed by atoms with Gasteiger partial charge < -0.3 is 9.63 Å². The van der Waals surface area contributed by atoms with E-state index in [1.165, 1.54) is 0 Å². The van der Waals surface area contributed by atoms with Crippen molar-refractivity contribution in [3.05, 3.63) is 35.7 Å². The summed E-state index contributed by atoms with van der Waals surface area (Å²) in [5.74, 6) is 1.07. The number of hydrogen-bond acceptors (Lipinski definition) is 4. The van der Waals surface area contributed by atoms with Crippen molar-refractivity contribution in [2.45, 2.75) is 39.2 Å². The molecule has 0 aliphatic heterocycles. The Morgan fingerprint density at radius 3 is 2.94 bits per heavy atom. The second-order valence-corrected chi connectivity index (χ2v) is 4.53. The number of aromatic nitrogens is 2. The lowest BCUT2D eigenvalue weighted by Crippen LogP contribution is -2.09. The van der Waals surface area contributed by atoms with Crippen LogP contribution >= 0.6 is 0 Å². The predicted octanol–water partition coefficient (Wildman–Crippen LogP) is 2.75. The highest BCUT2D eigenvalue weighted by atomic mass is 16.5. The van der Waals surface area contributed by atoms with Gasteiger partial charge in [0.05, 0.1) is 12.5 Å². The average molecular weight is 246 g/mol. The van der Waals surface area contributed by atoms with Crippen LogP contribution in [0.25, 0.3) is 11.4 Å². The predicted molar refractivity (Wildman–Crippen MR) is 69.1 cm³/mol. The molecule has 1 aromatic heterocycles. The molecule has 0 bridgehead atoms. The molecule has 96 valence electrons. The van der Waals surface area contributed by atoms with E-state index in [2.05, 4.69) is 10.1 Å². The molecule has 0 aliphatic rings. The monoisotopic (exact) mass is 246 g/mol. The molecule has 1 N–H and O–H groups in total. The van der Waals surface area contributed by atoms with Gasteiger partial charge in [-0.15, -0.1) is 0 Å². The van der Waals surface area contributed by atoms with Crippen molar-refractivity contribution in [2.75, 3.05) is 0 Å². The maximum Gasteiger partial charge on any atom is 0.229 e. The highest BCUT2D eigenvalue weighted by Gasteiger charge is 2.12. The van der Waals surface area contributed by atoms with Crippen LogP contribution in [0.3, 0.4) is 0 Å². The largest absolute Gasteiger partial charge is 0.393 e. The molecule has 0 fully saturated rings. The first-order valence-electron chi connectivity index (χ1n) is 6.26. The molecule has 1 unspecified atom stereocenters. The van der Waals surface area contributed by atoms with E-state index in [0.717, 1.165) is 24.0 Å². The third-order valence-corrected chi connectivity index (χ3v) is 2.78.